The first-order valence-corrected chi connectivity index (χ1v) is 9.29. The summed E-state index contributed by atoms with van der Waals surface area (Å²) in [5.74, 6) is 0.564. The largest absolute Gasteiger partial charge is 0.475 e. The van der Waals surface area contributed by atoms with Crippen LogP contribution in [-0.4, -0.2) is 16.7 Å². The van der Waals surface area contributed by atoms with Gasteiger partial charge in [0.15, 0.2) is 0 Å². The predicted molar refractivity (Wildman–Crippen MR) is 99.2 cm³/mol. The Bertz CT molecular complexity index is 923. The normalized spacial score (nSPS) is 17.6. The van der Waals surface area contributed by atoms with E-state index in [0.29, 0.717) is 12.5 Å². The molecule has 0 bridgehead atoms. The van der Waals surface area contributed by atoms with Crippen LogP contribution >= 0.6 is 0 Å². The van der Waals surface area contributed by atoms with Crippen LogP contribution in [0.3, 0.4) is 0 Å². The van der Waals surface area contributed by atoms with E-state index in [1.807, 2.05) is 72.8 Å². The first kappa shape index (κ1) is 15.8. The maximum Gasteiger partial charge on any atom is 0.218 e. The molecule has 0 amide bonds. The first-order valence-electron chi connectivity index (χ1n) is 8.15. The lowest BCUT2D eigenvalue weighted by molar-refractivity contribution is 0.319. The highest BCUT2D eigenvalue weighted by Crippen LogP contribution is 2.28. The number of ether oxygens (including phenoxy) is 1. The molecule has 0 radical (unpaired) electrons. The van der Waals surface area contributed by atoms with Gasteiger partial charge in [0.1, 0.15) is 12.6 Å². The van der Waals surface area contributed by atoms with Gasteiger partial charge in [0.25, 0.3) is 0 Å². The first-order chi connectivity index (χ1) is 12.3. The Kier molecular flexibility index (Phi) is 4.44. The van der Waals surface area contributed by atoms with E-state index < -0.39 is 10.8 Å². The van der Waals surface area contributed by atoms with Crippen molar-refractivity contribution in [2.45, 2.75) is 15.8 Å². The van der Waals surface area contributed by atoms with E-state index in [1.165, 1.54) is 0 Å². The number of hydrogen-bond acceptors (Lipinski definition) is 3. The summed E-state index contributed by atoms with van der Waals surface area (Å²) in [6.45, 7) is 0.506. The van der Waals surface area contributed by atoms with E-state index in [-0.39, 0.29) is 6.04 Å². The molecule has 0 saturated carbocycles. The Morgan fingerprint density at radius 1 is 0.840 bits per heavy atom. The van der Waals surface area contributed by atoms with Crippen LogP contribution in [0.1, 0.15) is 17.2 Å². The highest BCUT2D eigenvalue weighted by Gasteiger charge is 2.24. The van der Waals surface area contributed by atoms with Crippen LogP contribution in [0.15, 0.2) is 99.7 Å². The van der Waals surface area contributed by atoms with Gasteiger partial charge >= 0.3 is 0 Å². The molecule has 124 valence electrons. The van der Waals surface area contributed by atoms with Crippen molar-refractivity contribution in [1.29, 1.82) is 0 Å². The van der Waals surface area contributed by atoms with Crippen molar-refractivity contribution in [1.82, 2.24) is 0 Å². The number of rotatable bonds is 4. The van der Waals surface area contributed by atoms with Gasteiger partial charge in [-0.05, 0) is 29.8 Å². The zero-order valence-corrected chi connectivity index (χ0v) is 14.4. The summed E-state index contributed by atoms with van der Waals surface area (Å²) >= 11 is 0. The number of nitrogens with zero attached hydrogens (tertiary/aromatic N) is 1. The van der Waals surface area contributed by atoms with Crippen molar-refractivity contribution in [3.8, 4) is 0 Å². The molecule has 2 atom stereocenters. The highest BCUT2D eigenvalue weighted by molar-refractivity contribution is 7.85. The summed E-state index contributed by atoms with van der Waals surface area (Å²) in [4.78, 5) is 6.22. The second kappa shape index (κ2) is 7.03. The molecular formula is C21H17NO2S. The van der Waals surface area contributed by atoms with Crippen molar-refractivity contribution in [3.05, 3.63) is 96.1 Å². The summed E-state index contributed by atoms with van der Waals surface area (Å²) in [5, 5.41) is 0. The fourth-order valence-electron chi connectivity index (χ4n) is 2.84. The van der Waals surface area contributed by atoms with Gasteiger partial charge in [-0.2, -0.15) is 0 Å². The molecule has 3 nitrogen and oxygen atoms in total. The van der Waals surface area contributed by atoms with Gasteiger partial charge in [0.05, 0.1) is 21.3 Å². The quantitative estimate of drug-likeness (QED) is 0.703. The van der Waals surface area contributed by atoms with Gasteiger partial charge in [-0.3, -0.25) is 0 Å². The molecule has 25 heavy (non-hydrogen) atoms. The van der Waals surface area contributed by atoms with Gasteiger partial charge in [0.2, 0.25) is 5.90 Å². The molecule has 1 aliphatic rings. The summed E-state index contributed by atoms with van der Waals surface area (Å²) in [6.07, 6.45) is 0. The molecule has 3 aromatic carbocycles. The molecule has 0 aromatic heterocycles. The maximum atomic E-state index is 13.0. The highest BCUT2D eigenvalue weighted by atomic mass is 32.2. The zero-order chi connectivity index (χ0) is 17.1. The second-order valence-corrected chi connectivity index (χ2v) is 7.20. The van der Waals surface area contributed by atoms with Gasteiger partial charge < -0.3 is 4.74 Å². The van der Waals surface area contributed by atoms with Crippen LogP contribution in [0.5, 0.6) is 0 Å². The molecule has 1 aliphatic heterocycles. The Hall–Kier alpha value is -2.72. The summed E-state index contributed by atoms with van der Waals surface area (Å²) in [7, 11) is -1.27. The Morgan fingerprint density at radius 3 is 2.24 bits per heavy atom. The Morgan fingerprint density at radius 2 is 1.48 bits per heavy atom. The van der Waals surface area contributed by atoms with Crippen LogP contribution in [0, 0.1) is 0 Å². The average Bonchev–Trinajstić information content (AvgIpc) is 3.19. The Labute approximate surface area is 149 Å². The molecule has 0 fully saturated rings. The SMILES string of the molecule is O=[S@](c1ccccc1)c1ccccc1C1=N[C@@H](c2ccccc2)CO1. The third-order valence-corrected chi connectivity index (χ3v) is 5.57. The average molecular weight is 347 g/mol. The maximum absolute atomic E-state index is 13.0. The van der Waals surface area contributed by atoms with E-state index in [0.717, 1.165) is 20.9 Å². The molecule has 4 heteroatoms. The molecular weight excluding hydrogens is 330 g/mol. The fourth-order valence-corrected chi connectivity index (χ4v) is 4.06. The Balaban J connectivity index is 1.69. The fraction of sp³-hybridized carbons (Fsp3) is 0.0952. The predicted octanol–water partition coefficient (Wildman–Crippen LogP) is 4.37. The van der Waals surface area contributed by atoms with E-state index >= 15 is 0 Å². The third-order valence-electron chi connectivity index (χ3n) is 4.11. The van der Waals surface area contributed by atoms with Crippen LogP contribution < -0.4 is 0 Å². The van der Waals surface area contributed by atoms with Crippen LogP contribution in [-0.2, 0) is 15.5 Å². The van der Waals surface area contributed by atoms with Crippen molar-refractivity contribution in [2.75, 3.05) is 6.61 Å². The zero-order valence-electron chi connectivity index (χ0n) is 13.5. The molecule has 0 saturated heterocycles. The smallest absolute Gasteiger partial charge is 0.218 e. The molecule has 0 aliphatic carbocycles. The van der Waals surface area contributed by atoms with E-state index in [1.54, 1.807) is 0 Å². The minimum Gasteiger partial charge on any atom is -0.475 e. The molecule has 0 unspecified atom stereocenters. The van der Waals surface area contributed by atoms with Gasteiger partial charge in [-0.25, -0.2) is 9.20 Å². The van der Waals surface area contributed by atoms with E-state index in [2.05, 4.69) is 12.1 Å². The molecule has 3 aromatic rings. The lowest BCUT2D eigenvalue weighted by Gasteiger charge is -2.09. The molecule has 1 heterocycles. The van der Waals surface area contributed by atoms with Crippen molar-refractivity contribution < 1.29 is 8.95 Å². The van der Waals surface area contributed by atoms with Crippen molar-refractivity contribution in [2.24, 2.45) is 4.99 Å². The summed E-state index contributed by atoms with van der Waals surface area (Å²) in [5.41, 5.74) is 1.92. The van der Waals surface area contributed by atoms with Crippen LogP contribution in [0.2, 0.25) is 0 Å². The van der Waals surface area contributed by atoms with Crippen LogP contribution in [0.4, 0.5) is 0 Å². The minimum absolute atomic E-state index is 0.0191. The lowest BCUT2D eigenvalue weighted by Crippen LogP contribution is -2.07. The molecule has 4 rings (SSSR count). The minimum atomic E-state index is -1.27. The molecule has 0 spiro atoms. The summed E-state index contributed by atoms with van der Waals surface area (Å²) in [6, 6.07) is 27.1. The van der Waals surface area contributed by atoms with Crippen LogP contribution in [0.25, 0.3) is 0 Å². The lowest BCUT2D eigenvalue weighted by atomic mass is 10.1. The second-order valence-electron chi connectivity index (χ2n) is 5.75. The topological polar surface area (TPSA) is 38.7 Å². The third kappa shape index (κ3) is 3.26. The number of aliphatic imine (C=N–C) groups is 1. The number of hydrogen-bond donors (Lipinski definition) is 0. The van der Waals surface area contributed by atoms with Crippen molar-refractivity contribution >= 4 is 16.7 Å². The van der Waals surface area contributed by atoms with Gasteiger partial charge in [-0.1, -0.05) is 60.7 Å². The van der Waals surface area contributed by atoms with E-state index in [9.17, 15) is 4.21 Å². The standard InChI is InChI=1S/C21H17NO2S/c23-25(17-11-5-2-6-12-17)20-14-8-7-13-18(20)21-22-19(15-24-21)16-9-3-1-4-10-16/h1-14,19H,15H2/t19-,25-/m1/s1. The van der Waals surface area contributed by atoms with Crippen molar-refractivity contribution in [3.63, 3.8) is 0 Å². The molecule has 0 N–H and O–H groups in total. The van der Waals surface area contributed by atoms with Gasteiger partial charge in [0, 0.05) is 4.90 Å². The van der Waals surface area contributed by atoms with Gasteiger partial charge in [-0.15, -0.1) is 0 Å². The summed E-state index contributed by atoms with van der Waals surface area (Å²) < 4.78 is 18.8. The van der Waals surface area contributed by atoms with E-state index in [4.69, 9.17) is 9.73 Å². The monoisotopic (exact) mass is 347 g/mol. The number of benzene rings is 3.